The van der Waals surface area contributed by atoms with E-state index in [1.165, 1.54) is 0 Å². The quantitative estimate of drug-likeness (QED) is 0.812. The summed E-state index contributed by atoms with van der Waals surface area (Å²) in [4.78, 5) is 38.6. The van der Waals surface area contributed by atoms with Gasteiger partial charge in [-0.2, -0.15) is 0 Å². The molecule has 0 radical (unpaired) electrons. The molecular weight excluding hydrogens is 344 g/mol. The number of nitrogens with zero attached hydrogens (tertiary/aromatic N) is 4. The normalized spacial score (nSPS) is 23.8. The van der Waals surface area contributed by atoms with Gasteiger partial charge in [-0.1, -0.05) is 6.42 Å². The average molecular weight is 372 g/mol. The molecule has 1 aromatic heterocycles. The lowest BCUT2D eigenvalue weighted by atomic mass is 9.83. The molecule has 1 aromatic rings. The van der Waals surface area contributed by atoms with Gasteiger partial charge < -0.3 is 14.5 Å². The van der Waals surface area contributed by atoms with Crippen LogP contribution in [0.4, 0.5) is 0 Å². The smallest absolute Gasteiger partial charge is 0.257 e. The second-order valence-corrected chi connectivity index (χ2v) is 7.80. The van der Waals surface area contributed by atoms with Gasteiger partial charge in [0.05, 0.1) is 30.5 Å². The Morgan fingerprint density at radius 2 is 1.85 bits per heavy atom. The van der Waals surface area contributed by atoms with Crippen molar-refractivity contribution in [1.82, 2.24) is 19.8 Å². The molecule has 27 heavy (non-hydrogen) atoms. The molecule has 0 bridgehead atoms. The van der Waals surface area contributed by atoms with E-state index in [0.29, 0.717) is 43.4 Å². The lowest BCUT2D eigenvalue weighted by Gasteiger charge is -2.39. The van der Waals surface area contributed by atoms with Crippen molar-refractivity contribution in [2.45, 2.75) is 51.5 Å². The summed E-state index contributed by atoms with van der Waals surface area (Å²) in [6.07, 6.45) is 7.84. The third-order valence-corrected chi connectivity index (χ3v) is 6.07. The van der Waals surface area contributed by atoms with E-state index in [1.807, 2.05) is 11.8 Å². The number of morpholine rings is 1. The van der Waals surface area contributed by atoms with Gasteiger partial charge in [-0.05, 0) is 39.0 Å². The second-order valence-electron chi connectivity index (χ2n) is 7.80. The van der Waals surface area contributed by atoms with Crippen LogP contribution >= 0.6 is 0 Å². The van der Waals surface area contributed by atoms with Gasteiger partial charge in [0.15, 0.2) is 5.82 Å². The van der Waals surface area contributed by atoms with Crippen LogP contribution in [-0.2, 0) is 9.53 Å². The van der Waals surface area contributed by atoms with Crippen molar-refractivity contribution < 1.29 is 14.3 Å². The van der Waals surface area contributed by atoms with E-state index in [0.717, 1.165) is 45.1 Å². The van der Waals surface area contributed by atoms with Crippen molar-refractivity contribution in [2.24, 2.45) is 5.92 Å². The molecule has 0 N–H and O–H groups in total. The van der Waals surface area contributed by atoms with Gasteiger partial charge in [0, 0.05) is 31.7 Å². The molecule has 0 aromatic carbocycles. The molecule has 1 saturated carbocycles. The van der Waals surface area contributed by atoms with Gasteiger partial charge in [0.2, 0.25) is 5.91 Å². The van der Waals surface area contributed by atoms with Gasteiger partial charge in [-0.3, -0.25) is 9.59 Å². The van der Waals surface area contributed by atoms with Crippen LogP contribution < -0.4 is 0 Å². The Bertz CT molecular complexity index is 713. The predicted octanol–water partition coefficient (Wildman–Crippen LogP) is 2.11. The summed E-state index contributed by atoms with van der Waals surface area (Å²) in [5, 5.41) is 0. The maximum absolute atomic E-state index is 12.8. The standard InChI is InChI=1S/C20H28N4O3/c1-14-16(20(26)23-9-11-27-12-10-23)13-21-18(22-14)17-7-2-3-8-24(17)19(25)15-5-4-6-15/h13,15,17H,2-12H2,1H3/t17-/m1/s1. The monoisotopic (exact) mass is 372 g/mol. The molecule has 1 aliphatic carbocycles. The Morgan fingerprint density at radius 3 is 2.52 bits per heavy atom. The van der Waals surface area contributed by atoms with E-state index < -0.39 is 0 Å². The molecular formula is C20H28N4O3. The minimum absolute atomic E-state index is 0.0339. The van der Waals surface area contributed by atoms with Gasteiger partial charge in [0.25, 0.3) is 5.91 Å². The Kier molecular flexibility index (Phi) is 5.38. The first kappa shape index (κ1) is 18.3. The zero-order valence-corrected chi connectivity index (χ0v) is 16.0. The van der Waals surface area contributed by atoms with Crippen LogP contribution in [0.3, 0.4) is 0 Å². The van der Waals surface area contributed by atoms with Crippen LogP contribution in [0.2, 0.25) is 0 Å². The molecule has 146 valence electrons. The Hall–Kier alpha value is -2.02. The first-order valence-electron chi connectivity index (χ1n) is 10.2. The van der Waals surface area contributed by atoms with E-state index >= 15 is 0 Å². The predicted molar refractivity (Wildman–Crippen MR) is 99.1 cm³/mol. The molecule has 3 fully saturated rings. The Morgan fingerprint density at radius 1 is 1.07 bits per heavy atom. The van der Waals surface area contributed by atoms with Crippen molar-refractivity contribution in [3.8, 4) is 0 Å². The lowest BCUT2D eigenvalue weighted by Crippen LogP contribution is -2.44. The zero-order chi connectivity index (χ0) is 18.8. The third-order valence-electron chi connectivity index (χ3n) is 6.07. The van der Waals surface area contributed by atoms with Gasteiger partial charge in [-0.25, -0.2) is 9.97 Å². The Labute approximate surface area is 160 Å². The van der Waals surface area contributed by atoms with Crippen LogP contribution in [0.1, 0.15) is 66.4 Å². The number of hydrogen-bond acceptors (Lipinski definition) is 5. The molecule has 4 rings (SSSR count). The first-order valence-corrected chi connectivity index (χ1v) is 10.2. The summed E-state index contributed by atoms with van der Waals surface area (Å²) in [6.45, 7) is 5.00. The number of aryl methyl sites for hydroxylation is 1. The van der Waals surface area contributed by atoms with Crippen molar-refractivity contribution >= 4 is 11.8 Å². The second kappa shape index (κ2) is 7.92. The first-order chi connectivity index (χ1) is 13.1. The highest BCUT2D eigenvalue weighted by Crippen LogP contribution is 2.35. The molecule has 7 nitrogen and oxygen atoms in total. The maximum atomic E-state index is 12.8. The van der Waals surface area contributed by atoms with Crippen LogP contribution in [0, 0.1) is 12.8 Å². The van der Waals surface area contributed by atoms with Crippen molar-refractivity contribution in [3.63, 3.8) is 0 Å². The van der Waals surface area contributed by atoms with Crippen LogP contribution in [-0.4, -0.2) is 64.4 Å². The van der Waals surface area contributed by atoms with E-state index in [1.54, 1.807) is 11.1 Å². The molecule has 2 saturated heterocycles. The summed E-state index contributed by atoms with van der Waals surface area (Å²) < 4.78 is 5.32. The number of hydrogen-bond donors (Lipinski definition) is 0. The molecule has 3 aliphatic rings. The number of likely N-dealkylation sites (tertiary alicyclic amines) is 1. The number of piperidine rings is 1. The largest absolute Gasteiger partial charge is 0.378 e. The van der Waals surface area contributed by atoms with Crippen LogP contribution in [0.15, 0.2) is 6.20 Å². The van der Waals surface area contributed by atoms with Crippen LogP contribution in [0.5, 0.6) is 0 Å². The number of amides is 2. The average Bonchev–Trinajstić information content (AvgIpc) is 2.66. The number of carbonyl (C=O) groups excluding carboxylic acids is 2. The minimum atomic E-state index is -0.0573. The van der Waals surface area contributed by atoms with E-state index in [9.17, 15) is 9.59 Å². The van der Waals surface area contributed by atoms with Gasteiger partial charge in [-0.15, -0.1) is 0 Å². The molecule has 7 heteroatoms. The summed E-state index contributed by atoms with van der Waals surface area (Å²) in [5.41, 5.74) is 1.24. The highest BCUT2D eigenvalue weighted by atomic mass is 16.5. The van der Waals surface area contributed by atoms with E-state index in [4.69, 9.17) is 4.74 Å². The van der Waals surface area contributed by atoms with E-state index in [2.05, 4.69) is 9.97 Å². The summed E-state index contributed by atoms with van der Waals surface area (Å²) in [7, 11) is 0. The molecule has 3 heterocycles. The van der Waals surface area contributed by atoms with Gasteiger partial charge in [0.1, 0.15) is 0 Å². The fourth-order valence-electron chi connectivity index (χ4n) is 4.15. The molecule has 0 unspecified atom stereocenters. The minimum Gasteiger partial charge on any atom is -0.378 e. The molecule has 2 amide bonds. The summed E-state index contributed by atoms with van der Waals surface area (Å²) in [6, 6.07) is -0.0573. The Balaban J connectivity index is 1.53. The van der Waals surface area contributed by atoms with Gasteiger partial charge >= 0.3 is 0 Å². The third kappa shape index (κ3) is 3.70. The summed E-state index contributed by atoms with van der Waals surface area (Å²) >= 11 is 0. The van der Waals surface area contributed by atoms with E-state index in [-0.39, 0.29) is 23.8 Å². The van der Waals surface area contributed by atoms with Crippen molar-refractivity contribution in [1.29, 1.82) is 0 Å². The van der Waals surface area contributed by atoms with Crippen molar-refractivity contribution in [3.05, 3.63) is 23.3 Å². The SMILES string of the molecule is Cc1nc([C@H]2CCCCN2C(=O)C2CCC2)ncc1C(=O)N1CCOCC1. The highest BCUT2D eigenvalue weighted by Gasteiger charge is 2.36. The fraction of sp³-hybridized carbons (Fsp3) is 0.700. The number of aromatic nitrogens is 2. The van der Waals surface area contributed by atoms with Crippen molar-refractivity contribution in [2.75, 3.05) is 32.8 Å². The molecule has 0 spiro atoms. The zero-order valence-electron chi connectivity index (χ0n) is 16.0. The van der Waals surface area contributed by atoms with Crippen LogP contribution in [0.25, 0.3) is 0 Å². The lowest BCUT2D eigenvalue weighted by molar-refractivity contribution is -0.142. The topological polar surface area (TPSA) is 75.6 Å². The fourth-order valence-corrected chi connectivity index (χ4v) is 4.15. The molecule has 2 aliphatic heterocycles. The number of ether oxygens (including phenoxy) is 1. The summed E-state index contributed by atoms with van der Waals surface area (Å²) in [5.74, 6) is 1.10. The number of rotatable bonds is 3. The maximum Gasteiger partial charge on any atom is 0.257 e. The molecule has 1 atom stereocenters. The number of carbonyl (C=O) groups is 2. The highest BCUT2D eigenvalue weighted by molar-refractivity contribution is 5.95.